The van der Waals surface area contributed by atoms with E-state index in [1.165, 1.54) is 89.8 Å². The monoisotopic (exact) mass is 1320 g/mol. The molecule has 0 aromatic heterocycles. The molecule has 10 amide bonds. The zero-order valence-corrected chi connectivity index (χ0v) is 57.5. The number of epoxide rings is 1. The van der Waals surface area contributed by atoms with Crippen LogP contribution >= 0.6 is 23.2 Å². The van der Waals surface area contributed by atoms with Gasteiger partial charge < -0.3 is 55.4 Å². The molecule has 3 aromatic rings. The Kier molecular flexibility index (Phi) is 28.4. The van der Waals surface area contributed by atoms with E-state index in [2.05, 4.69) is 21.3 Å². The van der Waals surface area contributed by atoms with E-state index >= 15 is 14.0 Å². The highest BCUT2D eigenvalue weighted by molar-refractivity contribution is 6.31. The molecule has 506 valence electrons. The van der Waals surface area contributed by atoms with E-state index in [9.17, 15) is 38.4 Å². The zero-order chi connectivity index (χ0) is 68.6. The van der Waals surface area contributed by atoms with Crippen LogP contribution in [0.4, 0.5) is 4.39 Å². The number of rotatable bonds is 13. The van der Waals surface area contributed by atoms with Crippen molar-refractivity contribution in [2.24, 2.45) is 17.8 Å². The third-order valence-corrected chi connectivity index (χ3v) is 18.0. The molecule has 0 spiro atoms. The number of likely N-dealkylation sites (N-methyl/N-ethyl adjacent to an activating group) is 7. The molecule has 2 aliphatic heterocycles. The van der Waals surface area contributed by atoms with Gasteiger partial charge in [-0.05, 0) is 106 Å². The first-order valence-electron chi connectivity index (χ1n) is 31.6. The number of fused-ring (bicyclic) bond motifs is 1. The van der Waals surface area contributed by atoms with Crippen molar-refractivity contribution < 1.29 is 57.1 Å². The molecule has 0 bridgehead atoms. The van der Waals surface area contributed by atoms with E-state index in [4.69, 9.17) is 27.9 Å². The lowest BCUT2D eigenvalue weighted by Crippen LogP contribution is -2.60. The van der Waals surface area contributed by atoms with Gasteiger partial charge in [-0.2, -0.15) is 0 Å². The van der Waals surface area contributed by atoms with E-state index in [0.717, 1.165) is 5.56 Å². The largest absolute Gasteiger partial charge is 0.351 e. The molecule has 5 rings (SSSR count). The second kappa shape index (κ2) is 34.6. The lowest BCUT2D eigenvalue weighted by Gasteiger charge is -2.37. The van der Waals surface area contributed by atoms with Crippen LogP contribution in [0.5, 0.6) is 0 Å². The summed E-state index contributed by atoms with van der Waals surface area (Å²) in [7, 11) is 10.5. The number of nitrogens with zero attached hydrogens (tertiary/aromatic N) is 7. The highest BCUT2D eigenvalue weighted by Gasteiger charge is 2.48. The minimum Gasteiger partial charge on any atom is -0.351 e. The third-order valence-electron chi connectivity index (χ3n) is 17.4. The first-order chi connectivity index (χ1) is 43.2. The highest BCUT2D eigenvalue weighted by Crippen LogP contribution is 2.30. The molecule has 0 aliphatic carbocycles. The first kappa shape index (κ1) is 75.5. The minimum absolute atomic E-state index is 0.00741. The maximum Gasteiger partial charge on any atom is 0.246 e. The Hall–Kier alpha value is -7.21. The summed E-state index contributed by atoms with van der Waals surface area (Å²) in [6, 6.07) is 11.0. The second-order valence-corrected chi connectivity index (χ2v) is 26.5. The number of carbonyl (C=O) groups is 10. The number of carbonyl (C=O) groups excluding carboxylic acids is 10. The summed E-state index contributed by atoms with van der Waals surface area (Å²) in [6.45, 7) is 13.4. The van der Waals surface area contributed by atoms with E-state index in [-0.39, 0.29) is 80.5 Å². The van der Waals surface area contributed by atoms with Gasteiger partial charge in [-0.25, -0.2) is 4.39 Å². The lowest BCUT2D eigenvalue weighted by molar-refractivity contribution is -0.149. The van der Waals surface area contributed by atoms with Crippen molar-refractivity contribution in [3.63, 3.8) is 0 Å². The topological polar surface area (TPSA) is 254 Å². The van der Waals surface area contributed by atoms with Crippen LogP contribution in [-0.2, 0) is 71.9 Å². The molecule has 0 radical (unpaired) electrons. The summed E-state index contributed by atoms with van der Waals surface area (Å²) in [5, 5.41) is 11.9. The van der Waals surface area contributed by atoms with E-state index < -0.39 is 138 Å². The van der Waals surface area contributed by atoms with Crippen molar-refractivity contribution in [1.82, 2.24) is 55.6 Å². The van der Waals surface area contributed by atoms with Crippen LogP contribution in [0.3, 0.4) is 0 Å². The Balaban J connectivity index is 1.57. The van der Waals surface area contributed by atoms with Gasteiger partial charge in [0.2, 0.25) is 59.1 Å². The summed E-state index contributed by atoms with van der Waals surface area (Å²) in [6.07, 6.45) is -1.04. The maximum atomic E-state index is 15.4. The van der Waals surface area contributed by atoms with Gasteiger partial charge in [0.05, 0.1) is 25.7 Å². The standard InChI is InChI=1S/C67H96Cl2FN11O11/c1-16-41(6)59-66(91)77(11)38-58(84)75(9)36-55-67(92-55)81(15)53(35-45-25-27-46(68)28-26-45)64(89)76(10)37-56(82)72-50(30-29-47-48(69)23-20-24-49(47)70)61(86)73-51(31-39(2)3)63(88)80(14)54(34-44-21-18-17-19-22-44)65(90)79(13)52(32-40(4)5)62(87)71-42(7)33-57(83)78(12)43(8)60(85)74-59/h17-28,39-43,50-55,59,67H,16,29-38H2,1-15H3,(H,71,87)(H,72,82)(H,73,86)(H,74,85)/t41-,42+,43-,50-,51-,52-,53-,54-,55?,59-,67?/m0/s1. The van der Waals surface area contributed by atoms with Crippen molar-refractivity contribution >= 4 is 82.3 Å². The summed E-state index contributed by atoms with van der Waals surface area (Å²) in [5.74, 6) is -7.45. The number of amides is 10. The van der Waals surface area contributed by atoms with Crippen LogP contribution in [0.1, 0.15) is 104 Å². The zero-order valence-electron chi connectivity index (χ0n) is 56.0. The van der Waals surface area contributed by atoms with Crippen molar-refractivity contribution in [3.8, 4) is 0 Å². The molecule has 3 aromatic carbocycles. The molecule has 2 saturated heterocycles. The van der Waals surface area contributed by atoms with E-state index in [1.807, 2.05) is 34.6 Å². The predicted molar refractivity (Wildman–Crippen MR) is 350 cm³/mol. The van der Waals surface area contributed by atoms with E-state index in [0.29, 0.717) is 17.0 Å². The number of benzene rings is 3. The van der Waals surface area contributed by atoms with Gasteiger partial charge in [0.25, 0.3) is 0 Å². The fourth-order valence-corrected chi connectivity index (χ4v) is 11.6. The molecule has 25 heteroatoms. The lowest BCUT2D eigenvalue weighted by atomic mass is 9.97. The first-order valence-corrected chi connectivity index (χ1v) is 32.3. The Morgan fingerprint density at radius 2 is 1.17 bits per heavy atom. The number of halogens is 3. The van der Waals surface area contributed by atoms with Crippen LogP contribution < -0.4 is 21.3 Å². The summed E-state index contributed by atoms with van der Waals surface area (Å²) >= 11 is 12.7. The number of ether oxygens (including phenoxy) is 1. The molecule has 2 heterocycles. The van der Waals surface area contributed by atoms with Gasteiger partial charge in [-0.3, -0.25) is 52.8 Å². The van der Waals surface area contributed by atoms with Crippen LogP contribution in [0.15, 0.2) is 72.8 Å². The Bertz CT molecular complexity index is 3050. The maximum absolute atomic E-state index is 15.4. The molecule has 2 unspecified atom stereocenters. The molecule has 2 aliphatic rings. The second-order valence-electron chi connectivity index (χ2n) is 25.7. The summed E-state index contributed by atoms with van der Waals surface area (Å²) in [5.41, 5.74) is 1.49. The SMILES string of the molecule is CC[C@H](C)[C@@H]1NC(=O)[C@H](C)N(C)C(=O)C[C@@H](C)NC(=O)[C@H](CC(C)C)N(C)C(=O)[C@H](Cc2ccccc2)N(C)C(=O)[C@H](CC(C)C)NC(=O)[C@H](CCc2c(F)cccc2Cl)NC(=O)CN(C)C(=O)[C@H](Cc2ccc(Cl)cc2)N(C)C2OC2CN(C)C(=O)CN(C)C1=O. The highest BCUT2D eigenvalue weighted by atomic mass is 35.5. The summed E-state index contributed by atoms with van der Waals surface area (Å²) < 4.78 is 21.5. The van der Waals surface area contributed by atoms with Crippen molar-refractivity contribution in [2.75, 3.05) is 69.0 Å². The normalized spacial score (nSPS) is 25.7. The van der Waals surface area contributed by atoms with Gasteiger partial charge in [0.1, 0.15) is 54.4 Å². The molecule has 92 heavy (non-hydrogen) atoms. The Morgan fingerprint density at radius 3 is 1.78 bits per heavy atom. The van der Waals surface area contributed by atoms with Crippen molar-refractivity contribution in [1.29, 1.82) is 0 Å². The van der Waals surface area contributed by atoms with Gasteiger partial charge >= 0.3 is 0 Å². The van der Waals surface area contributed by atoms with Gasteiger partial charge in [0.15, 0.2) is 0 Å². The average molecular weight is 1320 g/mol. The van der Waals surface area contributed by atoms with Crippen LogP contribution in [-0.4, -0.2) is 223 Å². The van der Waals surface area contributed by atoms with Crippen LogP contribution in [0.2, 0.25) is 10.0 Å². The van der Waals surface area contributed by atoms with Gasteiger partial charge in [-0.1, -0.05) is 120 Å². The molecule has 11 atom stereocenters. The van der Waals surface area contributed by atoms with Gasteiger partial charge in [-0.15, -0.1) is 0 Å². The molecule has 2 fully saturated rings. The Labute approximate surface area is 551 Å². The number of hydrogen-bond acceptors (Lipinski definition) is 12. The number of nitrogens with one attached hydrogen (secondary N) is 4. The fraction of sp³-hybridized carbons (Fsp3) is 0.582. The third kappa shape index (κ3) is 21.2. The van der Waals surface area contributed by atoms with E-state index in [1.54, 1.807) is 87.4 Å². The van der Waals surface area contributed by atoms with Crippen molar-refractivity contribution in [3.05, 3.63) is 105 Å². The Morgan fingerprint density at radius 1 is 0.576 bits per heavy atom. The van der Waals surface area contributed by atoms with Crippen LogP contribution in [0, 0.1) is 23.6 Å². The molecule has 22 nitrogen and oxygen atoms in total. The number of hydrogen-bond donors (Lipinski definition) is 4. The molecule has 0 saturated carbocycles. The van der Waals surface area contributed by atoms with Crippen molar-refractivity contribution in [2.45, 2.75) is 167 Å². The minimum atomic E-state index is -1.43. The molecule has 4 N–H and O–H groups in total. The summed E-state index contributed by atoms with van der Waals surface area (Å²) in [4.78, 5) is 154. The molecular formula is C67H96Cl2FN11O11. The smallest absolute Gasteiger partial charge is 0.246 e. The van der Waals surface area contributed by atoms with Gasteiger partial charge in [0, 0.05) is 76.8 Å². The fourth-order valence-electron chi connectivity index (χ4n) is 11.2. The average Bonchev–Trinajstić information content (AvgIpc) is 1.40. The quantitative estimate of drug-likeness (QED) is 0.166. The molecular weight excluding hydrogens is 1220 g/mol. The predicted octanol–water partition coefficient (Wildman–Crippen LogP) is 4.95. The van der Waals surface area contributed by atoms with Crippen LogP contribution in [0.25, 0.3) is 0 Å².